The molecule has 214 valence electrons. The van der Waals surface area contributed by atoms with Gasteiger partial charge in [-0.25, -0.2) is 13.4 Å². The van der Waals surface area contributed by atoms with E-state index in [1.165, 1.54) is 23.9 Å². The summed E-state index contributed by atoms with van der Waals surface area (Å²) in [6.07, 6.45) is 2.40. The second-order valence-corrected chi connectivity index (χ2v) is 12.2. The maximum Gasteiger partial charge on any atom is 0.261 e. The zero-order valence-electron chi connectivity index (χ0n) is 23.0. The van der Waals surface area contributed by atoms with Gasteiger partial charge in [-0.05, 0) is 30.7 Å². The zero-order valence-corrected chi connectivity index (χ0v) is 23.8. The summed E-state index contributed by atoms with van der Waals surface area (Å²) in [6, 6.07) is 13.6. The Balaban J connectivity index is 1.61. The first-order valence-electron chi connectivity index (χ1n) is 13.0. The van der Waals surface area contributed by atoms with Crippen LogP contribution in [0.2, 0.25) is 0 Å². The average Bonchev–Trinajstić information content (AvgIpc) is 3.38. The van der Waals surface area contributed by atoms with Gasteiger partial charge in [0.25, 0.3) is 15.9 Å². The highest BCUT2D eigenvalue weighted by Gasteiger charge is 2.35. The third-order valence-corrected chi connectivity index (χ3v) is 8.66. The number of nitrogens with one attached hydrogen (secondary N) is 1. The van der Waals surface area contributed by atoms with Gasteiger partial charge < -0.3 is 24.6 Å². The molecule has 3 aromatic rings. The number of aliphatic hydroxyl groups is 1. The van der Waals surface area contributed by atoms with Gasteiger partial charge >= 0.3 is 0 Å². The van der Waals surface area contributed by atoms with Crippen molar-refractivity contribution < 1.29 is 27.9 Å². The summed E-state index contributed by atoms with van der Waals surface area (Å²) in [5, 5.41) is 12.6. The van der Waals surface area contributed by atoms with Crippen LogP contribution in [-0.2, 0) is 28.3 Å². The van der Waals surface area contributed by atoms with Crippen LogP contribution in [0.25, 0.3) is 0 Å². The molecule has 0 fully saturated rings. The summed E-state index contributed by atoms with van der Waals surface area (Å²) in [5.41, 5.74) is 1.49. The molecule has 12 heteroatoms. The van der Waals surface area contributed by atoms with Crippen molar-refractivity contribution in [3.8, 4) is 5.75 Å². The Labute approximate surface area is 234 Å². The number of hydrogen-bond donors (Lipinski definition) is 2. The molecule has 0 radical (unpaired) electrons. The molecule has 11 nitrogen and oxygen atoms in total. The monoisotopic (exact) mass is 569 g/mol. The van der Waals surface area contributed by atoms with E-state index in [0.29, 0.717) is 5.69 Å². The zero-order chi connectivity index (χ0) is 29.0. The Bertz CT molecular complexity index is 1460. The number of amides is 2. The predicted molar refractivity (Wildman–Crippen MR) is 149 cm³/mol. The Kier molecular flexibility index (Phi) is 8.92. The molecule has 1 aliphatic heterocycles. The second-order valence-electron chi connectivity index (χ2n) is 10.2. The smallest absolute Gasteiger partial charge is 0.261 e. The van der Waals surface area contributed by atoms with Crippen LogP contribution in [0, 0.1) is 5.92 Å². The van der Waals surface area contributed by atoms with Crippen molar-refractivity contribution in [3.05, 3.63) is 72.2 Å². The lowest BCUT2D eigenvalue weighted by Crippen LogP contribution is -2.50. The first-order chi connectivity index (χ1) is 19.0. The number of hydrogen-bond acceptors (Lipinski definition) is 7. The quantitative estimate of drug-likeness (QED) is 0.403. The minimum atomic E-state index is -3.88. The van der Waals surface area contributed by atoms with E-state index in [4.69, 9.17) is 4.74 Å². The van der Waals surface area contributed by atoms with Crippen molar-refractivity contribution in [3.63, 3.8) is 0 Å². The topological polar surface area (TPSA) is 134 Å². The van der Waals surface area contributed by atoms with E-state index >= 15 is 0 Å². The van der Waals surface area contributed by atoms with Crippen LogP contribution < -0.4 is 10.1 Å². The van der Waals surface area contributed by atoms with E-state index in [1.807, 2.05) is 37.3 Å². The number of aliphatic hydroxyl groups excluding tert-OH is 1. The van der Waals surface area contributed by atoms with Gasteiger partial charge in [0.2, 0.25) is 5.91 Å². The van der Waals surface area contributed by atoms with Gasteiger partial charge in [0.1, 0.15) is 11.9 Å². The van der Waals surface area contributed by atoms with E-state index in [2.05, 4.69) is 10.3 Å². The van der Waals surface area contributed by atoms with Crippen LogP contribution >= 0.6 is 0 Å². The van der Waals surface area contributed by atoms with Crippen LogP contribution in [0.1, 0.15) is 29.8 Å². The number of carbonyl (C=O) groups excluding carboxylic acids is 2. The van der Waals surface area contributed by atoms with E-state index in [0.717, 1.165) is 5.56 Å². The SMILES string of the molecule is C[C@H](CO)N1C[C@H](C)[C@H](CN(C)S(=O)(=O)c2cn(C)cn2)Oc2ccc(NC(=O)Cc3ccccc3)cc2C1=O. The molecule has 0 aliphatic carbocycles. The molecule has 0 saturated heterocycles. The van der Waals surface area contributed by atoms with Gasteiger partial charge in [-0.1, -0.05) is 37.3 Å². The summed E-state index contributed by atoms with van der Waals surface area (Å²) in [5.74, 6) is -0.603. The van der Waals surface area contributed by atoms with Crippen LogP contribution in [0.15, 0.2) is 66.1 Å². The number of sulfonamides is 1. The van der Waals surface area contributed by atoms with Crippen molar-refractivity contribution in [1.29, 1.82) is 0 Å². The molecule has 1 aromatic heterocycles. The minimum Gasteiger partial charge on any atom is -0.488 e. The molecule has 4 rings (SSSR count). The molecule has 2 aromatic carbocycles. The lowest BCUT2D eigenvalue weighted by molar-refractivity contribution is -0.115. The number of carbonyl (C=O) groups is 2. The van der Waals surface area contributed by atoms with E-state index in [1.54, 1.807) is 41.6 Å². The second kappa shape index (κ2) is 12.2. The number of rotatable bonds is 9. The average molecular weight is 570 g/mol. The number of nitrogens with zero attached hydrogens (tertiary/aromatic N) is 4. The maximum atomic E-state index is 13.6. The highest BCUT2D eigenvalue weighted by Crippen LogP contribution is 2.31. The third-order valence-electron chi connectivity index (χ3n) is 6.95. The maximum absolute atomic E-state index is 13.6. The first kappa shape index (κ1) is 29.2. The highest BCUT2D eigenvalue weighted by atomic mass is 32.2. The number of likely N-dealkylation sites (N-methyl/N-ethyl adjacent to an activating group) is 1. The number of ether oxygens (including phenoxy) is 1. The number of anilines is 1. The molecule has 0 bridgehead atoms. The molecule has 2 amide bonds. The summed E-state index contributed by atoms with van der Waals surface area (Å²) < 4.78 is 35.3. The van der Waals surface area contributed by atoms with Crippen molar-refractivity contribution in [2.24, 2.45) is 13.0 Å². The van der Waals surface area contributed by atoms with Crippen molar-refractivity contribution in [2.75, 3.05) is 32.1 Å². The Morgan fingerprint density at radius 1 is 1.25 bits per heavy atom. The molecule has 2 N–H and O–H groups in total. The molecule has 0 saturated carbocycles. The number of fused-ring (bicyclic) bond motifs is 1. The number of aryl methyl sites for hydroxylation is 1. The molecule has 3 atom stereocenters. The summed E-state index contributed by atoms with van der Waals surface area (Å²) >= 11 is 0. The van der Waals surface area contributed by atoms with Crippen molar-refractivity contribution in [2.45, 2.75) is 37.4 Å². The molecule has 0 spiro atoms. The standard InChI is InChI=1S/C28H35N5O6S/c1-19-14-33(20(2)17-34)28(36)23-13-22(30-26(35)12-21-8-6-5-7-9-21)10-11-24(23)39-25(19)15-32(4)40(37,38)27-16-31(3)18-29-27/h5-11,13,16,18-20,25,34H,12,14-15,17H2,1-4H3,(H,30,35)/t19-,20+,25-/m0/s1. The van der Waals surface area contributed by atoms with E-state index in [-0.39, 0.29) is 60.2 Å². The normalized spacial score (nSPS) is 18.4. The third kappa shape index (κ3) is 6.52. The van der Waals surface area contributed by atoms with Crippen LogP contribution in [0.3, 0.4) is 0 Å². The van der Waals surface area contributed by atoms with Crippen molar-refractivity contribution >= 4 is 27.5 Å². The van der Waals surface area contributed by atoms with Gasteiger partial charge in [0.05, 0.1) is 37.5 Å². The Hall–Kier alpha value is -3.74. The molecule has 2 heterocycles. The molecular weight excluding hydrogens is 534 g/mol. The van der Waals surface area contributed by atoms with E-state index in [9.17, 15) is 23.1 Å². The summed E-state index contributed by atoms with van der Waals surface area (Å²) in [7, 11) is -0.725. The number of benzene rings is 2. The lowest BCUT2D eigenvalue weighted by atomic mass is 9.99. The number of aromatic nitrogens is 2. The fraction of sp³-hybridized carbons (Fsp3) is 0.393. The number of imidazole rings is 1. The predicted octanol–water partition coefficient (Wildman–Crippen LogP) is 2.14. The van der Waals surface area contributed by atoms with Gasteiger partial charge in [-0.3, -0.25) is 9.59 Å². The van der Waals surface area contributed by atoms with Crippen LogP contribution in [0.5, 0.6) is 5.75 Å². The fourth-order valence-electron chi connectivity index (χ4n) is 4.54. The molecular formula is C28H35N5O6S. The highest BCUT2D eigenvalue weighted by molar-refractivity contribution is 7.89. The Morgan fingerprint density at radius 2 is 1.98 bits per heavy atom. The van der Waals surface area contributed by atoms with Crippen LogP contribution in [0.4, 0.5) is 5.69 Å². The lowest BCUT2D eigenvalue weighted by Gasteiger charge is -2.38. The van der Waals surface area contributed by atoms with Crippen molar-refractivity contribution in [1.82, 2.24) is 18.8 Å². The summed E-state index contributed by atoms with van der Waals surface area (Å²) in [6.45, 7) is 3.60. The first-order valence-corrected chi connectivity index (χ1v) is 14.4. The minimum absolute atomic E-state index is 0.00458. The molecule has 0 unspecified atom stereocenters. The van der Waals surface area contributed by atoms with Gasteiger partial charge in [0.15, 0.2) is 5.03 Å². The van der Waals surface area contributed by atoms with E-state index < -0.39 is 22.2 Å². The summed E-state index contributed by atoms with van der Waals surface area (Å²) in [4.78, 5) is 31.8. The van der Waals surface area contributed by atoms with Crippen LogP contribution in [-0.4, -0.2) is 83.0 Å². The van der Waals surface area contributed by atoms with Gasteiger partial charge in [-0.2, -0.15) is 4.31 Å². The fourth-order valence-corrected chi connectivity index (χ4v) is 5.68. The Morgan fingerprint density at radius 3 is 2.62 bits per heavy atom. The van der Waals surface area contributed by atoms with Gasteiger partial charge in [0, 0.05) is 38.4 Å². The molecule has 1 aliphatic rings. The molecule has 40 heavy (non-hydrogen) atoms. The largest absolute Gasteiger partial charge is 0.488 e. The van der Waals surface area contributed by atoms with Gasteiger partial charge in [-0.15, -0.1) is 0 Å².